The number of esters is 4. The molecule has 0 radical (unpaired) electrons. The highest BCUT2D eigenvalue weighted by atomic mass is 31.2. The number of hydrogen-bond acceptors (Lipinski definition) is 15. The number of phosphoric ester groups is 2. The van der Waals surface area contributed by atoms with Crippen molar-refractivity contribution in [1.29, 1.82) is 0 Å². The summed E-state index contributed by atoms with van der Waals surface area (Å²) in [6, 6.07) is 0. The first kappa shape index (κ1) is 82.1. The molecule has 0 aliphatic rings. The van der Waals surface area contributed by atoms with Crippen LogP contribution in [0.15, 0.2) is 0 Å². The van der Waals surface area contributed by atoms with Crippen LogP contribution in [0.5, 0.6) is 0 Å². The molecular formula is C65H126O17P2. The molecule has 0 aromatic rings. The molecule has 0 bridgehead atoms. The van der Waals surface area contributed by atoms with Crippen LogP contribution in [-0.2, 0) is 65.4 Å². The predicted octanol–water partition coefficient (Wildman–Crippen LogP) is 17.8. The Labute approximate surface area is 511 Å². The van der Waals surface area contributed by atoms with Crippen LogP contribution in [0.1, 0.15) is 312 Å². The summed E-state index contributed by atoms with van der Waals surface area (Å²) in [4.78, 5) is 72.2. The highest BCUT2D eigenvalue weighted by Gasteiger charge is 2.30. The third kappa shape index (κ3) is 57.8. The third-order valence-corrected chi connectivity index (χ3v) is 17.1. The van der Waals surface area contributed by atoms with E-state index < -0.39 is 97.5 Å². The van der Waals surface area contributed by atoms with E-state index in [0.29, 0.717) is 37.5 Å². The van der Waals surface area contributed by atoms with E-state index in [2.05, 4.69) is 55.4 Å². The zero-order chi connectivity index (χ0) is 62.5. The molecule has 0 fully saturated rings. The van der Waals surface area contributed by atoms with Crippen molar-refractivity contribution in [3.63, 3.8) is 0 Å². The van der Waals surface area contributed by atoms with Gasteiger partial charge in [0.05, 0.1) is 26.4 Å². The number of unbranched alkanes of at least 4 members (excludes halogenated alkanes) is 27. The first-order valence-electron chi connectivity index (χ1n) is 33.7. The van der Waals surface area contributed by atoms with E-state index in [1.54, 1.807) is 0 Å². The molecule has 0 aliphatic carbocycles. The van der Waals surface area contributed by atoms with E-state index in [1.807, 2.05) is 0 Å². The Morgan fingerprint density at radius 1 is 0.333 bits per heavy atom. The molecule has 6 atom stereocenters. The van der Waals surface area contributed by atoms with Crippen molar-refractivity contribution in [2.75, 3.05) is 39.6 Å². The van der Waals surface area contributed by atoms with Crippen LogP contribution in [0.3, 0.4) is 0 Å². The molecular weight excluding hydrogens is 1110 g/mol. The standard InChI is InChI=1S/C65H126O17P2/c1-9-58(8)44-36-28-22-24-30-38-46-63(68)76-52-60(81-64(69)47-39-31-20-16-18-26-34-42-56(4)5)53-79-83(71,72)77-49-59(66)50-78-84(73,74)80-54-61(82-65(70)48-40-32-23-21-27-35-43-57(6)7)51-75-62(67)45-37-29-19-15-13-11-10-12-14-17-25-33-41-55(2)3/h55-61,66H,9-54H2,1-8H3,(H,71,72)(H,73,74)/t58?,59-,60+,61+/m0/s1. The van der Waals surface area contributed by atoms with Crippen molar-refractivity contribution in [2.24, 2.45) is 23.7 Å². The SMILES string of the molecule is CCC(C)CCCCCCCCC(=O)OC[C@H](COP(=O)(O)OC[C@H](O)COP(=O)(O)OC[C@@H](COC(=O)CCCCCCCCCCCCCCC(C)C)OC(=O)CCCCCCCCC(C)C)OC(=O)CCCCCCCCCC(C)C. The third-order valence-electron chi connectivity index (χ3n) is 15.2. The van der Waals surface area contributed by atoms with Crippen molar-refractivity contribution in [1.82, 2.24) is 0 Å². The fraction of sp³-hybridized carbons (Fsp3) is 0.938. The summed E-state index contributed by atoms with van der Waals surface area (Å²) in [7, 11) is -9.89. The zero-order valence-electron chi connectivity index (χ0n) is 54.5. The van der Waals surface area contributed by atoms with Crippen LogP contribution >= 0.6 is 15.6 Å². The Kier molecular flexibility index (Phi) is 53.9. The van der Waals surface area contributed by atoms with Gasteiger partial charge in [-0.2, -0.15) is 0 Å². The fourth-order valence-corrected chi connectivity index (χ4v) is 11.2. The number of hydrogen-bond donors (Lipinski definition) is 3. The minimum Gasteiger partial charge on any atom is -0.462 e. The number of aliphatic hydroxyl groups excluding tert-OH is 1. The van der Waals surface area contributed by atoms with Gasteiger partial charge in [0.1, 0.15) is 19.3 Å². The van der Waals surface area contributed by atoms with Gasteiger partial charge in [-0.25, -0.2) is 9.13 Å². The minimum absolute atomic E-state index is 0.101. The summed E-state index contributed by atoms with van der Waals surface area (Å²) in [6.07, 6.45) is 35.1. The monoisotopic (exact) mass is 1240 g/mol. The first-order valence-corrected chi connectivity index (χ1v) is 36.7. The highest BCUT2D eigenvalue weighted by molar-refractivity contribution is 7.47. The lowest BCUT2D eigenvalue weighted by Crippen LogP contribution is -2.30. The molecule has 0 saturated carbocycles. The van der Waals surface area contributed by atoms with Crippen molar-refractivity contribution in [3.05, 3.63) is 0 Å². The number of rotatable bonds is 62. The normalized spacial score (nSPS) is 14.7. The lowest BCUT2D eigenvalue weighted by atomic mass is 10.00. The van der Waals surface area contributed by atoms with Crippen LogP contribution in [0, 0.1) is 23.7 Å². The number of carbonyl (C=O) groups excluding carboxylic acids is 4. The summed E-state index contributed by atoms with van der Waals surface area (Å²) in [5.41, 5.74) is 0. The molecule has 0 aromatic carbocycles. The van der Waals surface area contributed by atoms with Crippen molar-refractivity contribution < 1.29 is 80.2 Å². The quantitative estimate of drug-likeness (QED) is 0.0222. The van der Waals surface area contributed by atoms with Crippen LogP contribution in [0.4, 0.5) is 0 Å². The summed E-state index contributed by atoms with van der Waals surface area (Å²) >= 11 is 0. The van der Waals surface area contributed by atoms with Gasteiger partial charge in [-0.05, 0) is 49.4 Å². The van der Waals surface area contributed by atoms with Gasteiger partial charge in [0.2, 0.25) is 0 Å². The van der Waals surface area contributed by atoms with Crippen LogP contribution in [0.2, 0.25) is 0 Å². The zero-order valence-corrected chi connectivity index (χ0v) is 56.3. The molecule has 0 amide bonds. The molecule has 0 spiro atoms. The van der Waals surface area contributed by atoms with Gasteiger partial charge in [-0.1, -0.05) is 261 Å². The minimum atomic E-state index is -4.95. The number of carbonyl (C=O) groups is 4. The second-order valence-electron chi connectivity index (χ2n) is 25.2. The molecule has 0 aromatic heterocycles. The van der Waals surface area contributed by atoms with Crippen LogP contribution < -0.4 is 0 Å². The first-order chi connectivity index (χ1) is 40.1. The average Bonchev–Trinajstić information content (AvgIpc) is 3.45. The summed E-state index contributed by atoms with van der Waals surface area (Å²) in [5.74, 6) is 0.734. The molecule has 17 nitrogen and oxygen atoms in total. The maximum absolute atomic E-state index is 13.0. The molecule has 3 N–H and O–H groups in total. The van der Waals surface area contributed by atoms with Gasteiger partial charge in [-0.3, -0.25) is 37.3 Å². The van der Waals surface area contributed by atoms with Crippen molar-refractivity contribution in [3.8, 4) is 0 Å². The van der Waals surface area contributed by atoms with Crippen LogP contribution in [-0.4, -0.2) is 96.7 Å². The van der Waals surface area contributed by atoms with Gasteiger partial charge in [0, 0.05) is 25.7 Å². The van der Waals surface area contributed by atoms with Gasteiger partial charge in [0.25, 0.3) is 0 Å². The largest absolute Gasteiger partial charge is 0.472 e. The second kappa shape index (κ2) is 55.2. The summed E-state index contributed by atoms with van der Waals surface area (Å²) in [6.45, 7) is 13.9. The van der Waals surface area contributed by atoms with Crippen LogP contribution in [0.25, 0.3) is 0 Å². The Morgan fingerprint density at radius 3 is 0.845 bits per heavy atom. The van der Waals surface area contributed by atoms with E-state index in [9.17, 15) is 43.2 Å². The Balaban J connectivity index is 5.21. The lowest BCUT2D eigenvalue weighted by Gasteiger charge is -2.21. The fourth-order valence-electron chi connectivity index (χ4n) is 9.57. The number of phosphoric acid groups is 2. The van der Waals surface area contributed by atoms with Gasteiger partial charge in [0.15, 0.2) is 12.2 Å². The van der Waals surface area contributed by atoms with E-state index in [1.165, 1.54) is 109 Å². The van der Waals surface area contributed by atoms with Gasteiger partial charge >= 0.3 is 39.5 Å². The summed E-state index contributed by atoms with van der Waals surface area (Å²) < 4.78 is 68.0. The number of ether oxygens (including phenoxy) is 4. The second-order valence-corrected chi connectivity index (χ2v) is 28.1. The lowest BCUT2D eigenvalue weighted by molar-refractivity contribution is -0.161. The van der Waals surface area contributed by atoms with E-state index in [0.717, 1.165) is 108 Å². The molecule has 0 saturated heterocycles. The summed E-state index contributed by atoms with van der Waals surface area (Å²) in [5, 5.41) is 10.5. The Hall–Kier alpha value is -1.94. The Morgan fingerprint density at radius 2 is 0.571 bits per heavy atom. The predicted molar refractivity (Wildman–Crippen MR) is 335 cm³/mol. The van der Waals surface area contributed by atoms with Crippen molar-refractivity contribution >= 4 is 39.5 Å². The van der Waals surface area contributed by atoms with Crippen molar-refractivity contribution in [2.45, 2.75) is 331 Å². The molecule has 3 unspecified atom stereocenters. The maximum atomic E-state index is 13.0. The highest BCUT2D eigenvalue weighted by Crippen LogP contribution is 2.45. The number of aliphatic hydroxyl groups is 1. The smallest absolute Gasteiger partial charge is 0.462 e. The molecule has 19 heteroatoms. The average molecular weight is 1240 g/mol. The Bertz CT molecular complexity index is 1680. The van der Waals surface area contributed by atoms with E-state index in [-0.39, 0.29) is 25.7 Å². The van der Waals surface area contributed by atoms with E-state index >= 15 is 0 Å². The molecule has 0 heterocycles. The molecule has 0 rings (SSSR count). The molecule has 498 valence electrons. The van der Waals surface area contributed by atoms with Gasteiger partial charge < -0.3 is 33.8 Å². The van der Waals surface area contributed by atoms with E-state index in [4.69, 9.17) is 37.0 Å². The topological polar surface area (TPSA) is 237 Å². The van der Waals surface area contributed by atoms with Gasteiger partial charge in [-0.15, -0.1) is 0 Å². The molecule has 0 aliphatic heterocycles. The molecule has 84 heavy (non-hydrogen) atoms. The maximum Gasteiger partial charge on any atom is 0.472 e.